The van der Waals surface area contributed by atoms with Gasteiger partial charge in [0, 0.05) is 14.1 Å². The molecule has 0 fully saturated rings. The number of carbonyl (C=O) groups excluding carboxylic acids is 1. The molecule has 0 atom stereocenters. The van der Waals surface area contributed by atoms with Crippen LogP contribution >= 0.6 is 11.6 Å². The van der Waals surface area contributed by atoms with E-state index in [1.807, 2.05) is 0 Å². The van der Waals surface area contributed by atoms with Gasteiger partial charge in [0.25, 0.3) is 0 Å². The third-order valence-electron chi connectivity index (χ3n) is 2.53. The maximum absolute atomic E-state index is 13.1. The topological polar surface area (TPSA) is 32.3 Å². The largest absolute Gasteiger partial charge is 0.289 e. The number of nitrogens with one attached hydrogen (secondary N) is 1. The lowest BCUT2D eigenvalue weighted by Gasteiger charge is -2.26. The van der Waals surface area contributed by atoms with E-state index in [1.165, 1.54) is 12.1 Å². The third-order valence-corrected chi connectivity index (χ3v) is 2.82. The van der Waals surface area contributed by atoms with Crippen molar-refractivity contribution >= 4 is 17.5 Å². The van der Waals surface area contributed by atoms with Crippen molar-refractivity contribution in [2.24, 2.45) is 0 Å². The van der Waals surface area contributed by atoms with Crippen LogP contribution in [0.1, 0.15) is 19.4 Å². The van der Waals surface area contributed by atoms with Crippen molar-refractivity contribution in [3.63, 3.8) is 0 Å². The number of hydrogen-bond donors (Lipinski definition) is 1. The minimum absolute atomic E-state index is 0.0215. The molecule has 17 heavy (non-hydrogen) atoms. The summed E-state index contributed by atoms with van der Waals surface area (Å²) >= 11 is 5.71. The molecule has 0 aliphatic rings. The molecule has 1 N–H and O–H groups in total. The molecule has 0 radical (unpaired) electrons. The summed E-state index contributed by atoms with van der Waals surface area (Å²) in [5.41, 5.74) is 2.57. The Hall–Kier alpha value is -1.13. The lowest BCUT2D eigenvalue weighted by molar-refractivity contribution is -0.129. The number of amides is 1. The molecule has 1 aromatic carbocycles. The Morgan fingerprint density at radius 1 is 1.41 bits per heavy atom. The Balaban J connectivity index is 3.03. The fraction of sp³-hybridized carbons (Fsp3) is 0.417. The van der Waals surface area contributed by atoms with Gasteiger partial charge in [-0.1, -0.05) is 17.7 Å². The molecule has 0 spiro atoms. The zero-order chi connectivity index (χ0) is 13.2. The number of carbonyl (C=O) groups is 1. The van der Waals surface area contributed by atoms with Crippen LogP contribution in [0.3, 0.4) is 0 Å². The summed E-state index contributed by atoms with van der Waals surface area (Å²) < 4.78 is 13.1. The first kappa shape index (κ1) is 13.9. The summed E-state index contributed by atoms with van der Waals surface area (Å²) in [5, 5.41) is 1.59. The Labute approximate surface area is 106 Å². The van der Waals surface area contributed by atoms with Gasteiger partial charge in [-0.15, -0.1) is 0 Å². The summed E-state index contributed by atoms with van der Waals surface area (Å²) in [6.45, 7) is 3.52. The first-order chi connectivity index (χ1) is 7.75. The quantitative estimate of drug-likeness (QED) is 0.844. The van der Waals surface area contributed by atoms with Gasteiger partial charge in [0.1, 0.15) is 5.82 Å². The lowest BCUT2D eigenvalue weighted by atomic mass is 9.84. The zero-order valence-corrected chi connectivity index (χ0v) is 11.1. The Morgan fingerprint density at radius 3 is 2.47 bits per heavy atom. The van der Waals surface area contributed by atoms with Crippen molar-refractivity contribution in [2.45, 2.75) is 19.3 Å². The first-order valence-corrected chi connectivity index (χ1v) is 5.57. The predicted molar refractivity (Wildman–Crippen MR) is 66.3 cm³/mol. The van der Waals surface area contributed by atoms with Crippen molar-refractivity contribution < 1.29 is 9.18 Å². The molecule has 0 bridgehead atoms. The van der Waals surface area contributed by atoms with Crippen LogP contribution in [-0.2, 0) is 10.2 Å². The summed E-state index contributed by atoms with van der Waals surface area (Å²) in [6.07, 6.45) is 0. The Morgan fingerprint density at radius 2 is 2.00 bits per heavy atom. The molecule has 0 unspecified atom stereocenters. The average molecular weight is 259 g/mol. The summed E-state index contributed by atoms with van der Waals surface area (Å²) in [4.78, 5) is 12.0. The Bertz CT molecular complexity index is 433. The predicted octanol–water partition coefficient (Wildman–Crippen LogP) is 2.35. The summed E-state index contributed by atoms with van der Waals surface area (Å²) in [5.74, 6) is -0.663. The monoisotopic (exact) mass is 258 g/mol. The van der Waals surface area contributed by atoms with E-state index in [0.29, 0.717) is 5.56 Å². The first-order valence-electron chi connectivity index (χ1n) is 5.19. The molecule has 1 aromatic rings. The van der Waals surface area contributed by atoms with Gasteiger partial charge in [0.15, 0.2) is 0 Å². The minimum Gasteiger partial charge on any atom is -0.289 e. The molecule has 0 aliphatic heterocycles. The molecule has 0 saturated heterocycles. The SMILES string of the molecule is CN(C)NC(=O)C(C)(C)c1ccc(F)c(Cl)c1. The molecule has 0 aliphatic carbocycles. The fourth-order valence-electron chi connectivity index (χ4n) is 1.36. The van der Waals surface area contributed by atoms with E-state index >= 15 is 0 Å². The van der Waals surface area contributed by atoms with Crippen molar-refractivity contribution in [3.05, 3.63) is 34.6 Å². The highest BCUT2D eigenvalue weighted by Crippen LogP contribution is 2.27. The number of hydrogen-bond acceptors (Lipinski definition) is 2. The molecule has 5 heteroatoms. The maximum Gasteiger partial charge on any atom is 0.244 e. The lowest BCUT2D eigenvalue weighted by Crippen LogP contribution is -2.46. The molecule has 94 valence electrons. The van der Waals surface area contributed by atoms with E-state index < -0.39 is 11.2 Å². The molecule has 0 aromatic heterocycles. The minimum atomic E-state index is -0.776. The second-order valence-electron chi connectivity index (χ2n) is 4.59. The fourth-order valence-corrected chi connectivity index (χ4v) is 1.54. The molecule has 0 heterocycles. The van der Waals surface area contributed by atoms with E-state index in [2.05, 4.69) is 5.43 Å². The van der Waals surface area contributed by atoms with E-state index in [1.54, 1.807) is 39.0 Å². The van der Waals surface area contributed by atoms with E-state index in [-0.39, 0.29) is 10.9 Å². The number of benzene rings is 1. The molecule has 3 nitrogen and oxygen atoms in total. The van der Waals surface area contributed by atoms with Gasteiger partial charge in [0.05, 0.1) is 10.4 Å². The van der Waals surface area contributed by atoms with E-state index in [9.17, 15) is 9.18 Å². The molecule has 0 saturated carbocycles. The highest BCUT2D eigenvalue weighted by molar-refractivity contribution is 6.30. The number of rotatable bonds is 3. The smallest absolute Gasteiger partial charge is 0.244 e. The van der Waals surface area contributed by atoms with Crippen molar-refractivity contribution in [3.8, 4) is 0 Å². The van der Waals surface area contributed by atoms with Gasteiger partial charge in [-0.25, -0.2) is 9.40 Å². The number of nitrogens with zero attached hydrogens (tertiary/aromatic N) is 1. The molecule has 1 amide bonds. The van der Waals surface area contributed by atoms with Gasteiger partial charge in [-0.2, -0.15) is 0 Å². The van der Waals surface area contributed by atoms with Crippen LogP contribution < -0.4 is 5.43 Å². The summed E-state index contributed by atoms with van der Waals surface area (Å²) in [7, 11) is 3.46. The number of halogens is 2. The van der Waals surface area contributed by atoms with Crippen molar-refractivity contribution in [1.82, 2.24) is 10.4 Å². The van der Waals surface area contributed by atoms with Crippen LogP contribution in [0.4, 0.5) is 4.39 Å². The van der Waals surface area contributed by atoms with Crippen molar-refractivity contribution in [1.29, 1.82) is 0 Å². The van der Waals surface area contributed by atoms with Crippen LogP contribution in [0.2, 0.25) is 5.02 Å². The highest BCUT2D eigenvalue weighted by atomic mass is 35.5. The van der Waals surface area contributed by atoms with E-state index in [4.69, 9.17) is 11.6 Å². The molecule has 1 rings (SSSR count). The Kier molecular flexibility index (Phi) is 4.11. The maximum atomic E-state index is 13.1. The number of hydrazine groups is 1. The highest BCUT2D eigenvalue weighted by Gasteiger charge is 2.30. The average Bonchev–Trinajstić information content (AvgIpc) is 2.20. The molecular weight excluding hydrogens is 243 g/mol. The zero-order valence-electron chi connectivity index (χ0n) is 10.3. The normalized spacial score (nSPS) is 11.7. The second kappa shape index (κ2) is 5.02. The third kappa shape index (κ3) is 3.17. The second-order valence-corrected chi connectivity index (χ2v) is 5.00. The van der Waals surface area contributed by atoms with Crippen LogP contribution in [0.5, 0.6) is 0 Å². The molecular formula is C12H16ClFN2O. The van der Waals surface area contributed by atoms with Gasteiger partial charge < -0.3 is 0 Å². The van der Waals surface area contributed by atoms with Crippen LogP contribution in [-0.4, -0.2) is 25.0 Å². The summed E-state index contributed by atoms with van der Waals surface area (Å²) in [6, 6.07) is 4.31. The van der Waals surface area contributed by atoms with Gasteiger partial charge in [0.2, 0.25) is 5.91 Å². The van der Waals surface area contributed by atoms with Crippen LogP contribution in [0.15, 0.2) is 18.2 Å². The van der Waals surface area contributed by atoms with Crippen LogP contribution in [0, 0.1) is 5.82 Å². The van der Waals surface area contributed by atoms with Crippen molar-refractivity contribution in [2.75, 3.05) is 14.1 Å². The standard InChI is InChI=1S/C12H16ClFN2O/c1-12(2,11(17)15-16(3)4)8-5-6-10(14)9(13)7-8/h5-7H,1-4H3,(H,15,17). The van der Waals surface area contributed by atoms with Gasteiger partial charge >= 0.3 is 0 Å². The van der Waals surface area contributed by atoms with Gasteiger partial charge in [-0.3, -0.25) is 10.2 Å². The van der Waals surface area contributed by atoms with Gasteiger partial charge in [-0.05, 0) is 31.5 Å². The van der Waals surface area contributed by atoms with Crippen LogP contribution in [0.25, 0.3) is 0 Å². The van der Waals surface area contributed by atoms with E-state index in [0.717, 1.165) is 0 Å².